The van der Waals surface area contributed by atoms with Crippen LogP contribution >= 0.6 is 0 Å². The van der Waals surface area contributed by atoms with E-state index in [4.69, 9.17) is 0 Å². The summed E-state index contributed by atoms with van der Waals surface area (Å²) in [7, 11) is 0. The van der Waals surface area contributed by atoms with Crippen molar-refractivity contribution in [3.05, 3.63) is 48.0 Å². The molecule has 0 aliphatic carbocycles. The summed E-state index contributed by atoms with van der Waals surface area (Å²) in [5, 5.41) is 0. The smallest absolute Gasteiger partial charge is 0.140 e. The van der Waals surface area contributed by atoms with Crippen LogP contribution in [0, 0.1) is 0 Å². The van der Waals surface area contributed by atoms with Crippen molar-refractivity contribution in [2.24, 2.45) is 0 Å². The van der Waals surface area contributed by atoms with Crippen LogP contribution in [0.1, 0.15) is 38.3 Å². The van der Waals surface area contributed by atoms with Crippen molar-refractivity contribution >= 4 is 5.78 Å². The maximum atomic E-state index is 11.4. The Morgan fingerprint density at radius 2 is 1.81 bits per heavy atom. The minimum atomic E-state index is 0.170. The Labute approximate surface area is 98.2 Å². The quantitative estimate of drug-likeness (QED) is 0.702. The number of allylic oxidation sites excluding steroid dienone is 1. The molecule has 0 bridgehead atoms. The Morgan fingerprint density at radius 1 is 1.25 bits per heavy atom. The largest absolute Gasteiger partial charge is 0.299 e. The predicted octanol–water partition coefficient (Wildman–Crippen LogP) is 3.67. The van der Waals surface area contributed by atoms with Crippen LogP contribution in [0.15, 0.2) is 36.9 Å². The van der Waals surface area contributed by atoms with E-state index in [0.717, 1.165) is 5.56 Å². The first-order valence-corrected chi connectivity index (χ1v) is 5.65. The molecule has 0 amide bonds. The number of benzene rings is 1. The summed E-state index contributed by atoms with van der Waals surface area (Å²) >= 11 is 0. The first kappa shape index (κ1) is 12.7. The Bertz CT molecular complexity index is 365. The Morgan fingerprint density at radius 3 is 2.25 bits per heavy atom. The van der Waals surface area contributed by atoms with E-state index < -0.39 is 0 Å². The van der Waals surface area contributed by atoms with Crippen molar-refractivity contribution in [2.75, 3.05) is 0 Å². The molecule has 0 radical (unpaired) electrons. The number of carbonyl (C=O) groups is 1. The highest BCUT2D eigenvalue weighted by atomic mass is 16.1. The van der Waals surface area contributed by atoms with E-state index >= 15 is 0 Å². The van der Waals surface area contributed by atoms with E-state index in [1.54, 1.807) is 6.08 Å². The summed E-state index contributed by atoms with van der Waals surface area (Å²) in [4.78, 5) is 11.4. The van der Waals surface area contributed by atoms with Crippen molar-refractivity contribution < 1.29 is 4.79 Å². The molecule has 0 saturated carbocycles. The van der Waals surface area contributed by atoms with Gasteiger partial charge in [-0.3, -0.25) is 4.79 Å². The first-order valence-electron chi connectivity index (χ1n) is 5.65. The summed E-state index contributed by atoms with van der Waals surface area (Å²) in [6.07, 6.45) is 2.63. The molecular formula is C15H20O. The molecule has 1 rings (SSSR count). The summed E-state index contributed by atoms with van der Waals surface area (Å²) in [5.74, 6) is 0.221. The van der Waals surface area contributed by atoms with Gasteiger partial charge in [0.1, 0.15) is 5.78 Å². The molecule has 0 aliphatic heterocycles. The van der Waals surface area contributed by atoms with E-state index in [1.807, 2.05) is 12.1 Å². The highest BCUT2D eigenvalue weighted by Crippen LogP contribution is 2.22. The highest BCUT2D eigenvalue weighted by molar-refractivity contribution is 5.82. The standard InChI is InChI=1S/C15H20O/c1-5-6-14(16)11-12-7-9-13(10-8-12)15(2,3)4/h5,7-10H,1,6,11H2,2-4H3. The molecule has 0 N–H and O–H groups in total. The lowest BCUT2D eigenvalue weighted by molar-refractivity contribution is -0.117. The average molecular weight is 216 g/mol. The molecule has 86 valence electrons. The summed E-state index contributed by atoms with van der Waals surface area (Å²) < 4.78 is 0. The van der Waals surface area contributed by atoms with Gasteiger partial charge in [-0.05, 0) is 16.5 Å². The maximum absolute atomic E-state index is 11.4. The van der Waals surface area contributed by atoms with Crippen molar-refractivity contribution in [3.8, 4) is 0 Å². The number of ketones is 1. The second-order valence-corrected chi connectivity index (χ2v) is 5.16. The van der Waals surface area contributed by atoms with Crippen LogP contribution in [0.3, 0.4) is 0 Å². The van der Waals surface area contributed by atoms with E-state index in [9.17, 15) is 4.79 Å². The molecule has 1 nitrogen and oxygen atoms in total. The molecule has 0 aliphatic rings. The van der Waals surface area contributed by atoms with Crippen molar-refractivity contribution in [3.63, 3.8) is 0 Å². The van der Waals surface area contributed by atoms with Gasteiger partial charge in [-0.25, -0.2) is 0 Å². The Hall–Kier alpha value is -1.37. The zero-order chi connectivity index (χ0) is 12.2. The molecule has 0 atom stereocenters. The predicted molar refractivity (Wildman–Crippen MR) is 68.7 cm³/mol. The molecular weight excluding hydrogens is 196 g/mol. The minimum Gasteiger partial charge on any atom is -0.299 e. The third-order valence-corrected chi connectivity index (χ3v) is 2.59. The number of hydrogen-bond donors (Lipinski definition) is 0. The molecule has 0 spiro atoms. The monoisotopic (exact) mass is 216 g/mol. The first-order chi connectivity index (χ1) is 7.43. The van der Waals surface area contributed by atoms with Crippen LogP contribution in [0.25, 0.3) is 0 Å². The van der Waals surface area contributed by atoms with Gasteiger partial charge in [0.25, 0.3) is 0 Å². The minimum absolute atomic E-state index is 0.170. The van der Waals surface area contributed by atoms with Gasteiger partial charge < -0.3 is 0 Å². The Kier molecular flexibility index (Phi) is 4.05. The van der Waals surface area contributed by atoms with E-state index in [-0.39, 0.29) is 11.2 Å². The maximum Gasteiger partial charge on any atom is 0.140 e. The number of hydrogen-bond acceptors (Lipinski definition) is 1. The molecule has 0 aromatic heterocycles. The van der Waals surface area contributed by atoms with Gasteiger partial charge in [-0.1, -0.05) is 51.1 Å². The second-order valence-electron chi connectivity index (χ2n) is 5.16. The van der Waals surface area contributed by atoms with Crippen LogP contribution in [0.2, 0.25) is 0 Å². The van der Waals surface area contributed by atoms with Crippen LogP contribution < -0.4 is 0 Å². The molecule has 1 heteroatoms. The van der Waals surface area contributed by atoms with Gasteiger partial charge in [-0.15, -0.1) is 6.58 Å². The lowest BCUT2D eigenvalue weighted by Crippen LogP contribution is -2.11. The third kappa shape index (κ3) is 3.65. The van der Waals surface area contributed by atoms with Gasteiger partial charge in [0.2, 0.25) is 0 Å². The van der Waals surface area contributed by atoms with Gasteiger partial charge in [0.15, 0.2) is 0 Å². The van der Waals surface area contributed by atoms with Crippen LogP contribution in [0.5, 0.6) is 0 Å². The number of Topliss-reactive ketones (excluding diaryl/α,β-unsaturated/α-hetero) is 1. The van der Waals surface area contributed by atoms with E-state index in [1.165, 1.54) is 5.56 Å². The topological polar surface area (TPSA) is 17.1 Å². The van der Waals surface area contributed by atoms with Gasteiger partial charge in [-0.2, -0.15) is 0 Å². The van der Waals surface area contributed by atoms with Crippen LogP contribution in [-0.4, -0.2) is 5.78 Å². The molecule has 0 heterocycles. The third-order valence-electron chi connectivity index (χ3n) is 2.59. The molecule has 0 fully saturated rings. The lowest BCUT2D eigenvalue weighted by atomic mass is 9.86. The zero-order valence-electron chi connectivity index (χ0n) is 10.4. The SMILES string of the molecule is C=CCC(=O)Cc1ccc(C(C)(C)C)cc1. The van der Waals surface area contributed by atoms with E-state index in [0.29, 0.717) is 12.8 Å². The van der Waals surface area contributed by atoms with Crippen LogP contribution in [-0.2, 0) is 16.6 Å². The van der Waals surface area contributed by atoms with Gasteiger partial charge >= 0.3 is 0 Å². The zero-order valence-corrected chi connectivity index (χ0v) is 10.4. The Balaban J connectivity index is 2.72. The van der Waals surface area contributed by atoms with Crippen LogP contribution in [0.4, 0.5) is 0 Å². The van der Waals surface area contributed by atoms with Gasteiger partial charge in [0, 0.05) is 12.8 Å². The second kappa shape index (κ2) is 5.11. The van der Waals surface area contributed by atoms with Crippen molar-refractivity contribution in [2.45, 2.75) is 39.0 Å². The molecule has 1 aromatic rings. The van der Waals surface area contributed by atoms with E-state index in [2.05, 4.69) is 39.5 Å². The number of carbonyl (C=O) groups excluding carboxylic acids is 1. The summed E-state index contributed by atoms with van der Waals surface area (Å²) in [6, 6.07) is 8.30. The fraction of sp³-hybridized carbons (Fsp3) is 0.400. The molecule has 16 heavy (non-hydrogen) atoms. The summed E-state index contributed by atoms with van der Waals surface area (Å²) in [6.45, 7) is 10.1. The molecule has 0 saturated heterocycles. The normalized spacial score (nSPS) is 11.2. The summed E-state index contributed by atoms with van der Waals surface area (Å²) in [5.41, 5.74) is 2.55. The van der Waals surface area contributed by atoms with Gasteiger partial charge in [0.05, 0.1) is 0 Å². The molecule has 0 unspecified atom stereocenters. The van der Waals surface area contributed by atoms with Crippen molar-refractivity contribution in [1.29, 1.82) is 0 Å². The lowest BCUT2D eigenvalue weighted by Gasteiger charge is -2.19. The number of rotatable bonds is 4. The fourth-order valence-electron chi connectivity index (χ4n) is 1.58. The fourth-order valence-corrected chi connectivity index (χ4v) is 1.58. The van der Waals surface area contributed by atoms with Crippen molar-refractivity contribution in [1.82, 2.24) is 0 Å². The average Bonchev–Trinajstić information content (AvgIpc) is 2.17. The molecule has 1 aromatic carbocycles. The highest BCUT2D eigenvalue weighted by Gasteiger charge is 2.13.